The van der Waals surface area contributed by atoms with E-state index in [1.165, 1.54) is 6.42 Å². The molecule has 0 saturated carbocycles. The predicted octanol–water partition coefficient (Wildman–Crippen LogP) is 1.81. The summed E-state index contributed by atoms with van der Waals surface area (Å²) in [5, 5.41) is 8.25. The monoisotopic (exact) mass is 172 g/mol. The molecule has 0 aromatic heterocycles. The number of hydrogen-bond donors (Lipinski definition) is 1. The zero-order valence-corrected chi connectivity index (χ0v) is 8.08. The minimum Gasteiger partial charge on any atom is -0.359 e. The summed E-state index contributed by atoms with van der Waals surface area (Å²) in [7, 11) is 0. The first-order valence-electron chi connectivity index (χ1n) is 4.09. The molecule has 1 fully saturated rings. The molecule has 2 nitrogen and oxygen atoms in total. The summed E-state index contributed by atoms with van der Waals surface area (Å²) in [4.78, 5) is 2.20. The van der Waals surface area contributed by atoms with Crippen molar-refractivity contribution in [1.29, 1.82) is 5.41 Å². The lowest BCUT2D eigenvalue weighted by Gasteiger charge is -2.20. The second-order valence-corrected chi connectivity index (χ2v) is 4.32. The zero-order valence-electron chi connectivity index (χ0n) is 7.26. The molecule has 0 radical (unpaired) electrons. The van der Waals surface area contributed by atoms with Crippen LogP contribution in [0.1, 0.15) is 19.8 Å². The molecule has 1 atom stereocenters. The van der Waals surface area contributed by atoms with Gasteiger partial charge in [-0.3, -0.25) is 5.41 Å². The van der Waals surface area contributed by atoms with Gasteiger partial charge in [-0.05, 0) is 12.7 Å². The Hall–Kier alpha value is -0.180. The molecule has 1 aliphatic heterocycles. The number of rotatable bonds is 3. The summed E-state index contributed by atoms with van der Waals surface area (Å²) < 4.78 is 0. The summed E-state index contributed by atoms with van der Waals surface area (Å²) in [5.74, 6) is 0.839. The summed E-state index contributed by atoms with van der Waals surface area (Å²) >= 11 is 1.88. The van der Waals surface area contributed by atoms with Gasteiger partial charge in [0, 0.05) is 24.8 Å². The molecule has 1 heterocycles. The number of hydrogen-bond acceptors (Lipinski definition) is 2. The van der Waals surface area contributed by atoms with Crippen molar-refractivity contribution in [2.75, 3.05) is 19.3 Å². The topological polar surface area (TPSA) is 27.1 Å². The van der Waals surface area contributed by atoms with Crippen LogP contribution in [0.5, 0.6) is 0 Å². The third kappa shape index (κ3) is 2.40. The Morgan fingerprint density at radius 2 is 2.45 bits per heavy atom. The van der Waals surface area contributed by atoms with Crippen LogP contribution in [0.15, 0.2) is 0 Å². The Kier molecular flexibility index (Phi) is 3.24. The van der Waals surface area contributed by atoms with Crippen LogP contribution in [0, 0.1) is 5.41 Å². The highest BCUT2D eigenvalue weighted by Crippen LogP contribution is 2.14. The van der Waals surface area contributed by atoms with E-state index in [1.54, 1.807) is 0 Å². The minimum atomic E-state index is 0.661. The molecule has 11 heavy (non-hydrogen) atoms. The average molecular weight is 172 g/mol. The molecule has 64 valence electrons. The normalized spacial score (nSPS) is 20.9. The van der Waals surface area contributed by atoms with Gasteiger partial charge < -0.3 is 4.90 Å². The van der Waals surface area contributed by atoms with Gasteiger partial charge in [-0.15, -0.1) is 0 Å². The largest absolute Gasteiger partial charge is 0.359 e. The fourth-order valence-electron chi connectivity index (χ4n) is 1.32. The van der Waals surface area contributed by atoms with Crippen molar-refractivity contribution in [1.82, 2.24) is 4.90 Å². The van der Waals surface area contributed by atoms with Crippen molar-refractivity contribution in [2.24, 2.45) is 0 Å². The Labute approximate surface area is 72.9 Å². The van der Waals surface area contributed by atoms with E-state index < -0.39 is 0 Å². The summed E-state index contributed by atoms with van der Waals surface area (Å²) in [6, 6.07) is 0. The van der Waals surface area contributed by atoms with Crippen LogP contribution in [0.4, 0.5) is 0 Å². The smallest absolute Gasteiger partial charge is 0.0958 e. The quantitative estimate of drug-likeness (QED) is 0.703. The Morgan fingerprint density at radius 3 is 2.91 bits per heavy atom. The third-order valence-electron chi connectivity index (χ3n) is 2.10. The van der Waals surface area contributed by atoms with Crippen LogP contribution in [0.25, 0.3) is 0 Å². The van der Waals surface area contributed by atoms with Crippen molar-refractivity contribution >= 4 is 17.6 Å². The molecule has 1 rings (SSSR count). The van der Waals surface area contributed by atoms with Crippen LogP contribution in [0.2, 0.25) is 0 Å². The lowest BCUT2D eigenvalue weighted by molar-refractivity contribution is 0.455. The summed E-state index contributed by atoms with van der Waals surface area (Å²) in [6.45, 7) is 4.38. The van der Waals surface area contributed by atoms with Crippen molar-refractivity contribution < 1.29 is 0 Å². The first-order chi connectivity index (χ1) is 5.24. The van der Waals surface area contributed by atoms with Crippen molar-refractivity contribution in [3.63, 3.8) is 0 Å². The van der Waals surface area contributed by atoms with Crippen molar-refractivity contribution in [2.45, 2.75) is 25.0 Å². The molecule has 0 amide bonds. The van der Waals surface area contributed by atoms with Gasteiger partial charge in [0.05, 0.1) is 5.84 Å². The van der Waals surface area contributed by atoms with Gasteiger partial charge in [-0.1, -0.05) is 6.92 Å². The fourth-order valence-corrected chi connectivity index (χ4v) is 1.65. The molecule has 0 aliphatic carbocycles. The SMILES string of the molecule is CSC(C)CN1CCCC1=N. The average Bonchev–Trinajstić information content (AvgIpc) is 2.37. The maximum absolute atomic E-state index is 7.59. The lowest BCUT2D eigenvalue weighted by Crippen LogP contribution is -2.30. The molecular weight excluding hydrogens is 156 g/mol. The minimum absolute atomic E-state index is 0.661. The second kappa shape index (κ2) is 4.00. The standard InChI is InChI=1S/C8H16N2S/c1-7(11-2)6-10-5-3-4-8(10)9/h7,9H,3-6H2,1-2H3. The van der Waals surface area contributed by atoms with Crippen LogP contribution in [0.3, 0.4) is 0 Å². The molecule has 3 heteroatoms. The van der Waals surface area contributed by atoms with Crippen molar-refractivity contribution in [3.05, 3.63) is 0 Å². The summed E-state index contributed by atoms with van der Waals surface area (Å²) in [5.41, 5.74) is 0. The molecule has 1 aliphatic rings. The molecule has 0 bridgehead atoms. The Bertz CT molecular complexity index is 147. The number of likely N-dealkylation sites (tertiary alicyclic amines) is 1. The van der Waals surface area contributed by atoms with Gasteiger partial charge >= 0.3 is 0 Å². The van der Waals surface area contributed by atoms with Crippen LogP contribution in [-0.2, 0) is 0 Å². The first kappa shape index (κ1) is 8.91. The number of nitrogens with one attached hydrogen (secondary N) is 1. The zero-order chi connectivity index (χ0) is 8.27. The van der Waals surface area contributed by atoms with E-state index in [0.29, 0.717) is 5.25 Å². The Morgan fingerprint density at radius 1 is 1.73 bits per heavy atom. The second-order valence-electron chi connectivity index (χ2n) is 3.04. The van der Waals surface area contributed by atoms with E-state index in [2.05, 4.69) is 18.1 Å². The number of amidine groups is 1. The first-order valence-corrected chi connectivity index (χ1v) is 5.38. The molecular formula is C8H16N2S. The van der Waals surface area contributed by atoms with Crippen LogP contribution in [-0.4, -0.2) is 35.3 Å². The van der Waals surface area contributed by atoms with Crippen LogP contribution < -0.4 is 0 Å². The summed E-state index contributed by atoms with van der Waals surface area (Å²) in [6.07, 6.45) is 4.30. The molecule has 0 aromatic carbocycles. The maximum atomic E-state index is 7.59. The highest BCUT2D eigenvalue weighted by Gasteiger charge is 2.17. The number of nitrogens with zero attached hydrogens (tertiary/aromatic N) is 1. The van der Waals surface area contributed by atoms with Gasteiger partial charge in [0.15, 0.2) is 0 Å². The van der Waals surface area contributed by atoms with Gasteiger partial charge in [-0.25, -0.2) is 0 Å². The molecule has 1 N–H and O–H groups in total. The number of thioether (sulfide) groups is 1. The van der Waals surface area contributed by atoms with E-state index in [-0.39, 0.29) is 0 Å². The van der Waals surface area contributed by atoms with Gasteiger partial charge in [0.25, 0.3) is 0 Å². The fraction of sp³-hybridized carbons (Fsp3) is 0.875. The highest BCUT2D eigenvalue weighted by molar-refractivity contribution is 7.99. The molecule has 1 unspecified atom stereocenters. The van der Waals surface area contributed by atoms with Gasteiger partial charge in [0.2, 0.25) is 0 Å². The van der Waals surface area contributed by atoms with E-state index in [4.69, 9.17) is 5.41 Å². The van der Waals surface area contributed by atoms with Gasteiger partial charge in [0.1, 0.15) is 0 Å². The van der Waals surface area contributed by atoms with E-state index >= 15 is 0 Å². The lowest BCUT2D eigenvalue weighted by atomic mass is 10.4. The van der Waals surface area contributed by atoms with E-state index in [0.717, 1.165) is 25.3 Å². The maximum Gasteiger partial charge on any atom is 0.0958 e. The predicted molar refractivity (Wildman–Crippen MR) is 51.5 cm³/mol. The Balaban J connectivity index is 2.30. The van der Waals surface area contributed by atoms with Crippen molar-refractivity contribution in [3.8, 4) is 0 Å². The van der Waals surface area contributed by atoms with Gasteiger partial charge in [-0.2, -0.15) is 11.8 Å². The third-order valence-corrected chi connectivity index (χ3v) is 3.06. The van der Waals surface area contributed by atoms with E-state index in [9.17, 15) is 0 Å². The van der Waals surface area contributed by atoms with Crippen LogP contribution >= 0.6 is 11.8 Å². The molecule has 1 saturated heterocycles. The van der Waals surface area contributed by atoms with E-state index in [1.807, 2.05) is 11.8 Å². The molecule has 0 aromatic rings. The molecule has 0 spiro atoms. The highest BCUT2D eigenvalue weighted by atomic mass is 32.2.